The number of nitrogens with zero attached hydrogens (tertiary/aromatic N) is 1. The van der Waals surface area contributed by atoms with Crippen molar-refractivity contribution in [3.8, 4) is 0 Å². The van der Waals surface area contributed by atoms with E-state index in [9.17, 15) is 5.11 Å². The van der Waals surface area contributed by atoms with E-state index in [1.165, 1.54) is 0 Å². The number of hydrogen-bond donors (Lipinski definition) is 2. The third kappa shape index (κ3) is 1.31. The lowest BCUT2D eigenvalue weighted by atomic mass is 10.1. The minimum atomic E-state index is -0.438. The molecule has 0 amide bonds. The lowest BCUT2D eigenvalue weighted by Crippen LogP contribution is -1.95. The summed E-state index contributed by atoms with van der Waals surface area (Å²) >= 11 is 0. The second kappa shape index (κ2) is 3.18. The summed E-state index contributed by atoms with van der Waals surface area (Å²) in [6.45, 7) is 1.94. The quantitative estimate of drug-likeness (QED) is 0.735. The number of aliphatic hydroxyl groups excluding tert-OH is 1. The Balaban J connectivity index is 2.57. The Morgan fingerprint density at radius 2 is 2.23 bits per heavy atom. The van der Waals surface area contributed by atoms with Crippen LogP contribution in [0.3, 0.4) is 0 Å². The van der Waals surface area contributed by atoms with Crippen molar-refractivity contribution in [2.45, 2.75) is 19.4 Å². The Morgan fingerprint density at radius 1 is 1.46 bits per heavy atom. The van der Waals surface area contributed by atoms with Crippen molar-refractivity contribution < 1.29 is 5.11 Å². The van der Waals surface area contributed by atoms with Crippen LogP contribution < -0.4 is 0 Å². The molecule has 2 aromatic rings. The SMILES string of the molecule is CCC(O)c1[nH]nc2ccccc12. The molecule has 68 valence electrons. The number of nitrogens with one attached hydrogen (secondary N) is 1. The molecule has 3 heteroatoms. The van der Waals surface area contributed by atoms with Crippen LogP contribution in [-0.4, -0.2) is 15.3 Å². The monoisotopic (exact) mass is 176 g/mol. The molecule has 2 rings (SSSR count). The van der Waals surface area contributed by atoms with E-state index in [1.54, 1.807) is 0 Å². The number of aromatic amines is 1. The third-order valence-electron chi connectivity index (χ3n) is 2.21. The summed E-state index contributed by atoms with van der Waals surface area (Å²) in [7, 11) is 0. The summed E-state index contributed by atoms with van der Waals surface area (Å²) in [5.74, 6) is 0. The van der Waals surface area contributed by atoms with Gasteiger partial charge in [-0.25, -0.2) is 0 Å². The fourth-order valence-electron chi connectivity index (χ4n) is 1.44. The van der Waals surface area contributed by atoms with Gasteiger partial charge in [-0.2, -0.15) is 5.10 Å². The molecule has 0 saturated carbocycles. The van der Waals surface area contributed by atoms with Gasteiger partial charge >= 0.3 is 0 Å². The van der Waals surface area contributed by atoms with Crippen LogP contribution in [0.4, 0.5) is 0 Å². The first kappa shape index (κ1) is 8.26. The van der Waals surface area contributed by atoms with E-state index in [2.05, 4.69) is 10.2 Å². The molecule has 0 aliphatic rings. The standard InChI is InChI=1S/C10H12N2O/c1-2-9(13)10-7-5-3-4-6-8(7)11-12-10/h3-6,9,13H,2H2,1H3,(H,11,12). The Morgan fingerprint density at radius 3 is 3.00 bits per heavy atom. The Bertz CT molecular complexity index is 408. The Hall–Kier alpha value is -1.35. The van der Waals surface area contributed by atoms with Gasteiger partial charge in [0.05, 0.1) is 17.3 Å². The molecule has 0 radical (unpaired) electrons. The van der Waals surface area contributed by atoms with Crippen molar-refractivity contribution in [1.82, 2.24) is 10.2 Å². The molecule has 0 aliphatic heterocycles. The zero-order valence-electron chi connectivity index (χ0n) is 7.49. The molecule has 1 aromatic carbocycles. The highest BCUT2D eigenvalue weighted by atomic mass is 16.3. The summed E-state index contributed by atoms with van der Waals surface area (Å²) in [5.41, 5.74) is 1.73. The smallest absolute Gasteiger partial charge is 0.0957 e. The largest absolute Gasteiger partial charge is 0.387 e. The molecule has 1 unspecified atom stereocenters. The van der Waals surface area contributed by atoms with E-state index < -0.39 is 6.10 Å². The number of benzene rings is 1. The maximum Gasteiger partial charge on any atom is 0.0957 e. The predicted octanol–water partition coefficient (Wildman–Crippen LogP) is 2.01. The van der Waals surface area contributed by atoms with Gasteiger partial charge in [-0.3, -0.25) is 5.10 Å². The lowest BCUT2D eigenvalue weighted by molar-refractivity contribution is 0.170. The molecule has 1 aromatic heterocycles. The van der Waals surface area contributed by atoms with E-state index in [0.29, 0.717) is 6.42 Å². The van der Waals surface area contributed by atoms with Gasteiger partial charge < -0.3 is 5.11 Å². The molecule has 0 bridgehead atoms. The second-order valence-electron chi connectivity index (χ2n) is 3.08. The summed E-state index contributed by atoms with van der Waals surface area (Å²) in [6, 6.07) is 7.78. The van der Waals surface area contributed by atoms with Crippen molar-refractivity contribution >= 4 is 10.9 Å². The highest BCUT2D eigenvalue weighted by Gasteiger charge is 2.11. The van der Waals surface area contributed by atoms with E-state index in [0.717, 1.165) is 16.6 Å². The summed E-state index contributed by atoms with van der Waals surface area (Å²) in [4.78, 5) is 0. The molecule has 1 atom stereocenters. The third-order valence-corrected chi connectivity index (χ3v) is 2.21. The van der Waals surface area contributed by atoms with Gasteiger partial charge in [0.15, 0.2) is 0 Å². The molecular weight excluding hydrogens is 164 g/mol. The number of rotatable bonds is 2. The molecule has 0 fully saturated rings. The number of hydrogen-bond acceptors (Lipinski definition) is 2. The lowest BCUT2D eigenvalue weighted by Gasteiger charge is -2.03. The minimum Gasteiger partial charge on any atom is -0.387 e. The number of fused-ring (bicyclic) bond motifs is 1. The number of aliphatic hydroxyl groups is 1. The van der Waals surface area contributed by atoms with Gasteiger partial charge in [-0.15, -0.1) is 0 Å². The van der Waals surface area contributed by atoms with Crippen molar-refractivity contribution in [3.63, 3.8) is 0 Å². The van der Waals surface area contributed by atoms with Crippen LogP contribution >= 0.6 is 0 Å². The van der Waals surface area contributed by atoms with E-state index in [1.807, 2.05) is 31.2 Å². The zero-order chi connectivity index (χ0) is 9.26. The first-order valence-corrected chi connectivity index (χ1v) is 4.44. The molecular formula is C10H12N2O. The molecule has 2 N–H and O–H groups in total. The van der Waals surface area contributed by atoms with Crippen LogP contribution in [-0.2, 0) is 0 Å². The van der Waals surface area contributed by atoms with E-state index >= 15 is 0 Å². The van der Waals surface area contributed by atoms with E-state index in [-0.39, 0.29) is 0 Å². The predicted molar refractivity (Wildman–Crippen MR) is 51.3 cm³/mol. The van der Waals surface area contributed by atoms with Crippen molar-refractivity contribution in [2.75, 3.05) is 0 Å². The fraction of sp³-hybridized carbons (Fsp3) is 0.300. The molecule has 0 spiro atoms. The second-order valence-corrected chi connectivity index (χ2v) is 3.08. The number of aromatic nitrogens is 2. The van der Waals surface area contributed by atoms with Crippen molar-refractivity contribution in [3.05, 3.63) is 30.0 Å². The number of para-hydroxylation sites is 1. The molecule has 1 heterocycles. The van der Waals surface area contributed by atoms with Gasteiger partial charge in [0, 0.05) is 5.39 Å². The Kier molecular flexibility index (Phi) is 2.02. The fourth-order valence-corrected chi connectivity index (χ4v) is 1.44. The summed E-state index contributed by atoms with van der Waals surface area (Å²) in [6.07, 6.45) is 0.263. The van der Waals surface area contributed by atoms with E-state index in [4.69, 9.17) is 0 Å². The zero-order valence-corrected chi connectivity index (χ0v) is 7.49. The highest BCUT2D eigenvalue weighted by Crippen LogP contribution is 2.22. The summed E-state index contributed by atoms with van der Waals surface area (Å²) in [5, 5.41) is 17.6. The normalized spacial score (nSPS) is 13.4. The van der Waals surface area contributed by atoms with Crippen LogP contribution in [0.1, 0.15) is 25.1 Å². The minimum absolute atomic E-state index is 0.438. The number of H-pyrrole nitrogens is 1. The van der Waals surface area contributed by atoms with Gasteiger partial charge in [-0.1, -0.05) is 25.1 Å². The van der Waals surface area contributed by atoms with Crippen molar-refractivity contribution in [2.24, 2.45) is 0 Å². The van der Waals surface area contributed by atoms with Crippen LogP contribution in [0, 0.1) is 0 Å². The molecule has 0 saturated heterocycles. The van der Waals surface area contributed by atoms with Gasteiger partial charge in [0.1, 0.15) is 0 Å². The maximum atomic E-state index is 9.64. The van der Waals surface area contributed by atoms with Crippen LogP contribution in [0.2, 0.25) is 0 Å². The Labute approximate surface area is 76.4 Å². The average molecular weight is 176 g/mol. The molecule has 0 aliphatic carbocycles. The van der Waals surface area contributed by atoms with Gasteiger partial charge in [0.25, 0.3) is 0 Å². The van der Waals surface area contributed by atoms with Crippen molar-refractivity contribution in [1.29, 1.82) is 0 Å². The first-order chi connectivity index (χ1) is 6.33. The first-order valence-electron chi connectivity index (χ1n) is 4.44. The van der Waals surface area contributed by atoms with Gasteiger partial charge in [0.2, 0.25) is 0 Å². The highest BCUT2D eigenvalue weighted by molar-refractivity contribution is 5.81. The maximum absolute atomic E-state index is 9.64. The van der Waals surface area contributed by atoms with Crippen LogP contribution in [0.15, 0.2) is 24.3 Å². The van der Waals surface area contributed by atoms with Crippen LogP contribution in [0.25, 0.3) is 10.9 Å². The molecule has 3 nitrogen and oxygen atoms in total. The summed E-state index contributed by atoms with van der Waals surface area (Å²) < 4.78 is 0. The topological polar surface area (TPSA) is 48.9 Å². The average Bonchev–Trinajstić information content (AvgIpc) is 2.60. The molecule has 13 heavy (non-hydrogen) atoms. The van der Waals surface area contributed by atoms with Gasteiger partial charge in [-0.05, 0) is 12.5 Å². The van der Waals surface area contributed by atoms with Crippen LogP contribution in [0.5, 0.6) is 0 Å².